The van der Waals surface area contributed by atoms with E-state index >= 15 is 0 Å². The Bertz CT molecular complexity index is 754. The Balaban J connectivity index is 1.69. The van der Waals surface area contributed by atoms with Gasteiger partial charge in [-0.1, -0.05) is 24.3 Å². The van der Waals surface area contributed by atoms with E-state index in [4.69, 9.17) is 0 Å². The summed E-state index contributed by atoms with van der Waals surface area (Å²) >= 11 is 1.13. The first-order chi connectivity index (χ1) is 10.1. The molecule has 21 heavy (non-hydrogen) atoms. The third kappa shape index (κ3) is 2.85. The number of nitrogens with one attached hydrogen (secondary N) is 1. The lowest BCUT2D eigenvalue weighted by Gasteiger charge is -2.17. The second-order valence-corrected chi connectivity index (χ2v) is 7.62. The minimum absolute atomic E-state index is 0.220. The van der Waals surface area contributed by atoms with Crippen LogP contribution in [0.15, 0.2) is 46.0 Å². The van der Waals surface area contributed by atoms with Gasteiger partial charge in [0.05, 0.1) is 6.54 Å². The summed E-state index contributed by atoms with van der Waals surface area (Å²) in [5.74, 6) is -0.236. The molecule has 0 atom stereocenters. The minimum atomic E-state index is -3.60. The van der Waals surface area contributed by atoms with Crippen molar-refractivity contribution in [2.45, 2.75) is 10.6 Å². The largest absolute Gasteiger partial charge is 0.311 e. The Morgan fingerprint density at radius 2 is 2.05 bits per heavy atom. The molecule has 0 saturated carbocycles. The number of hydrogen-bond acceptors (Lipinski definition) is 4. The SMILES string of the molecule is O=C(CNS(=O)(=O)c1cccs1)N1CCc2ccccc21. The van der Waals surface area contributed by atoms with Crippen LogP contribution in [0.1, 0.15) is 5.56 Å². The third-order valence-corrected chi connectivity index (χ3v) is 6.16. The summed E-state index contributed by atoms with van der Waals surface area (Å²) < 4.78 is 26.6. The van der Waals surface area contributed by atoms with Gasteiger partial charge in [-0.05, 0) is 29.5 Å². The zero-order chi connectivity index (χ0) is 14.9. The summed E-state index contributed by atoms with van der Waals surface area (Å²) in [4.78, 5) is 13.9. The predicted octanol–water partition coefficient (Wildman–Crippen LogP) is 1.62. The highest BCUT2D eigenvalue weighted by Gasteiger charge is 2.25. The first kappa shape index (κ1) is 14.2. The van der Waals surface area contributed by atoms with Gasteiger partial charge in [-0.2, -0.15) is 0 Å². The average molecular weight is 322 g/mol. The van der Waals surface area contributed by atoms with Gasteiger partial charge in [0.15, 0.2) is 0 Å². The molecule has 0 spiro atoms. The summed E-state index contributed by atoms with van der Waals surface area (Å²) in [5.41, 5.74) is 1.99. The van der Waals surface area contributed by atoms with E-state index < -0.39 is 10.0 Å². The number of carbonyl (C=O) groups is 1. The molecule has 3 rings (SSSR count). The number of sulfonamides is 1. The summed E-state index contributed by atoms with van der Waals surface area (Å²) in [6, 6.07) is 10.9. The van der Waals surface area contributed by atoms with Gasteiger partial charge in [-0.3, -0.25) is 4.79 Å². The number of para-hydroxylation sites is 1. The highest BCUT2D eigenvalue weighted by atomic mass is 32.2. The fraction of sp³-hybridized carbons (Fsp3) is 0.214. The van der Waals surface area contributed by atoms with Crippen LogP contribution in [0.5, 0.6) is 0 Å². The Morgan fingerprint density at radius 3 is 2.81 bits per heavy atom. The number of nitrogens with zero attached hydrogens (tertiary/aromatic N) is 1. The van der Waals surface area contributed by atoms with Crippen molar-refractivity contribution in [3.8, 4) is 0 Å². The molecule has 1 aliphatic rings. The molecule has 1 aromatic heterocycles. The number of rotatable bonds is 4. The van der Waals surface area contributed by atoms with Crippen molar-refractivity contribution in [1.29, 1.82) is 0 Å². The van der Waals surface area contributed by atoms with E-state index in [1.807, 2.05) is 24.3 Å². The predicted molar refractivity (Wildman–Crippen MR) is 82.0 cm³/mol. The van der Waals surface area contributed by atoms with Crippen LogP contribution in [0.25, 0.3) is 0 Å². The van der Waals surface area contributed by atoms with Crippen molar-refractivity contribution in [3.63, 3.8) is 0 Å². The van der Waals surface area contributed by atoms with E-state index in [1.54, 1.807) is 16.3 Å². The highest BCUT2D eigenvalue weighted by Crippen LogP contribution is 2.27. The number of thiophene rings is 1. The Kier molecular flexibility index (Phi) is 3.79. The zero-order valence-electron chi connectivity index (χ0n) is 11.2. The van der Waals surface area contributed by atoms with Crippen LogP contribution in [-0.2, 0) is 21.2 Å². The molecule has 7 heteroatoms. The first-order valence-electron chi connectivity index (χ1n) is 6.49. The molecule has 1 aromatic carbocycles. The van der Waals surface area contributed by atoms with Crippen LogP contribution in [0.3, 0.4) is 0 Å². The number of anilines is 1. The van der Waals surface area contributed by atoms with Crippen LogP contribution in [0.4, 0.5) is 5.69 Å². The van der Waals surface area contributed by atoms with Crippen molar-refractivity contribution in [1.82, 2.24) is 4.72 Å². The van der Waals surface area contributed by atoms with E-state index in [-0.39, 0.29) is 16.7 Å². The molecule has 2 heterocycles. The number of fused-ring (bicyclic) bond motifs is 1. The fourth-order valence-electron chi connectivity index (χ4n) is 2.34. The van der Waals surface area contributed by atoms with E-state index in [9.17, 15) is 13.2 Å². The lowest BCUT2D eigenvalue weighted by Crippen LogP contribution is -2.39. The van der Waals surface area contributed by atoms with Gasteiger partial charge in [0.2, 0.25) is 5.91 Å². The van der Waals surface area contributed by atoms with E-state index in [0.717, 1.165) is 29.0 Å². The molecule has 1 N–H and O–H groups in total. The van der Waals surface area contributed by atoms with E-state index in [2.05, 4.69) is 4.72 Å². The molecule has 0 bridgehead atoms. The first-order valence-corrected chi connectivity index (χ1v) is 8.86. The maximum absolute atomic E-state index is 12.2. The van der Waals surface area contributed by atoms with Crippen LogP contribution in [0, 0.1) is 0 Å². The monoisotopic (exact) mass is 322 g/mol. The van der Waals surface area contributed by atoms with Crippen LogP contribution in [0.2, 0.25) is 0 Å². The van der Waals surface area contributed by atoms with Crippen molar-refractivity contribution >= 4 is 33.0 Å². The molecular weight excluding hydrogens is 308 g/mol. The van der Waals surface area contributed by atoms with E-state index in [1.165, 1.54) is 6.07 Å². The number of hydrogen-bond donors (Lipinski definition) is 1. The molecule has 0 unspecified atom stereocenters. The molecule has 5 nitrogen and oxygen atoms in total. The van der Waals surface area contributed by atoms with Gasteiger partial charge in [0.1, 0.15) is 4.21 Å². The minimum Gasteiger partial charge on any atom is -0.311 e. The fourth-order valence-corrected chi connectivity index (χ4v) is 4.35. The summed E-state index contributed by atoms with van der Waals surface area (Å²) in [6.07, 6.45) is 0.805. The van der Waals surface area contributed by atoms with Crippen LogP contribution < -0.4 is 9.62 Å². The molecule has 1 amide bonds. The summed E-state index contributed by atoms with van der Waals surface area (Å²) in [7, 11) is -3.60. The highest BCUT2D eigenvalue weighted by molar-refractivity contribution is 7.91. The van der Waals surface area contributed by atoms with Gasteiger partial charge < -0.3 is 4.90 Å². The standard InChI is InChI=1S/C14H14N2O3S2/c17-13(10-15-21(18,19)14-6-3-9-20-14)16-8-7-11-4-1-2-5-12(11)16/h1-6,9,15H,7-8,10H2. The normalized spacial score (nSPS) is 14.2. The van der Waals surface area contributed by atoms with Crippen LogP contribution in [-0.4, -0.2) is 27.4 Å². The molecule has 0 aliphatic carbocycles. The summed E-state index contributed by atoms with van der Waals surface area (Å²) in [5, 5.41) is 1.69. The van der Waals surface area contributed by atoms with Gasteiger partial charge in [-0.25, -0.2) is 13.1 Å². The van der Waals surface area contributed by atoms with Crippen molar-refractivity contribution in [3.05, 3.63) is 47.3 Å². The Morgan fingerprint density at radius 1 is 1.24 bits per heavy atom. The quantitative estimate of drug-likeness (QED) is 0.930. The maximum Gasteiger partial charge on any atom is 0.250 e. The van der Waals surface area contributed by atoms with Gasteiger partial charge in [-0.15, -0.1) is 11.3 Å². The second-order valence-electron chi connectivity index (χ2n) is 4.68. The van der Waals surface area contributed by atoms with Crippen LogP contribution >= 0.6 is 11.3 Å². The molecule has 110 valence electrons. The van der Waals surface area contributed by atoms with Crippen molar-refractivity contribution < 1.29 is 13.2 Å². The second kappa shape index (κ2) is 5.59. The average Bonchev–Trinajstić information content (AvgIpc) is 3.14. The summed E-state index contributed by atoms with van der Waals surface area (Å²) in [6.45, 7) is 0.369. The molecule has 2 aromatic rings. The molecular formula is C14H14N2O3S2. The third-order valence-electron chi connectivity index (χ3n) is 3.36. The van der Waals surface area contributed by atoms with Gasteiger partial charge >= 0.3 is 0 Å². The lowest BCUT2D eigenvalue weighted by atomic mass is 10.2. The molecule has 0 radical (unpaired) electrons. The molecule has 1 aliphatic heterocycles. The lowest BCUT2D eigenvalue weighted by molar-refractivity contribution is -0.117. The Hall–Kier alpha value is -1.70. The van der Waals surface area contributed by atoms with Crippen molar-refractivity contribution in [2.24, 2.45) is 0 Å². The van der Waals surface area contributed by atoms with E-state index in [0.29, 0.717) is 6.54 Å². The number of carbonyl (C=O) groups excluding carboxylic acids is 1. The van der Waals surface area contributed by atoms with Gasteiger partial charge in [0, 0.05) is 12.2 Å². The zero-order valence-corrected chi connectivity index (χ0v) is 12.8. The maximum atomic E-state index is 12.2. The Labute approximate surface area is 127 Å². The smallest absolute Gasteiger partial charge is 0.250 e. The topological polar surface area (TPSA) is 66.5 Å². The van der Waals surface area contributed by atoms with Crippen molar-refractivity contribution in [2.75, 3.05) is 18.0 Å². The number of amides is 1. The number of benzene rings is 1. The molecule has 0 saturated heterocycles. The molecule has 0 fully saturated rings. The van der Waals surface area contributed by atoms with Gasteiger partial charge in [0.25, 0.3) is 10.0 Å².